The lowest BCUT2D eigenvalue weighted by molar-refractivity contribution is 0.414. The van der Waals surface area contributed by atoms with Crippen LogP contribution in [0.5, 0.6) is 5.75 Å². The third kappa shape index (κ3) is 3.52. The van der Waals surface area contributed by atoms with Gasteiger partial charge in [-0.05, 0) is 48.9 Å². The van der Waals surface area contributed by atoms with Crippen molar-refractivity contribution < 1.29 is 4.74 Å². The molecule has 0 fully saturated rings. The lowest BCUT2D eigenvalue weighted by atomic mass is 9.94. The summed E-state index contributed by atoms with van der Waals surface area (Å²) in [6.07, 6.45) is 0. The third-order valence-corrected chi connectivity index (χ3v) is 4.14. The van der Waals surface area contributed by atoms with Crippen LogP contribution in [0.25, 0.3) is 0 Å². The molecule has 1 N–H and O–H groups in total. The Morgan fingerprint density at radius 2 is 1.81 bits per heavy atom. The monoisotopic (exact) mass is 323 g/mol. The highest BCUT2D eigenvalue weighted by Gasteiger charge is 2.20. The van der Waals surface area contributed by atoms with E-state index >= 15 is 0 Å². The highest BCUT2D eigenvalue weighted by atomic mass is 35.5. The number of aryl methyl sites for hydroxylation is 1. The van der Waals surface area contributed by atoms with Gasteiger partial charge < -0.3 is 10.1 Å². The first-order valence-corrected chi connectivity index (χ1v) is 7.66. The van der Waals surface area contributed by atoms with Gasteiger partial charge in [0, 0.05) is 15.6 Å². The van der Waals surface area contributed by atoms with Crippen LogP contribution in [0.4, 0.5) is 0 Å². The van der Waals surface area contributed by atoms with E-state index in [0.29, 0.717) is 10.0 Å². The van der Waals surface area contributed by atoms with Crippen molar-refractivity contribution >= 4 is 23.2 Å². The van der Waals surface area contributed by atoms with Crippen molar-refractivity contribution in [1.29, 1.82) is 0 Å². The largest absolute Gasteiger partial charge is 0.497 e. The quantitative estimate of drug-likeness (QED) is 0.835. The number of rotatable bonds is 5. The topological polar surface area (TPSA) is 21.3 Å². The Hall–Kier alpha value is -1.22. The number of ether oxygens (including phenoxy) is 1. The SMILES string of the molecule is CCNC(c1ccc(OC)cc1C)c1c(Cl)cccc1Cl. The Morgan fingerprint density at radius 1 is 1.14 bits per heavy atom. The van der Waals surface area contributed by atoms with Crippen molar-refractivity contribution in [2.24, 2.45) is 0 Å². The number of nitrogens with one attached hydrogen (secondary N) is 1. The van der Waals surface area contributed by atoms with E-state index in [1.54, 1.807) is 7.11 Å². The van der Waals surface area contributed by atoms with Gasteiger partial charge in [-0.25, -0.2) is 0 Å². The molecule has 2 rings (SSSR count). The molecule has 0 bridgehead atoms. The minimum Gasteiger partial charge on any atom is -0.497 e. The molecule has 0 spiro atoms. The number of hydrogen-bond donors (Lipinski definition) is 1. The molecule has 2 nitrogen and oxygen atoms in total. The van der Waals surface area contributed by atoms with Crippen LogP contribution in [-0.2, 0) is 0 Å². The van der Waals surface area contributed by atoms with Gasteiger partial charge in [0.1, 0.15) is 5.75 Å². The zero-order chi connectivity index (χ0) is 15.4. The summed E-state index contributed by atoms with van der Waals surface area (Å²) in [5, 5.41) is 4.81. The molecule has 2 aromatic carbocycles. The lowest BCUT2D eigenvalue weighted by Gasteiger charge is -2.23. The second-order valence-electron chi connectivity index (χ2n) is 4.85. The average molecular weight is 324 g/mol. The Morgan fingerprint density at radius 3 is 2.33 bits per heavy atom. The van der Waals surface area contributed by atoms with E-state index < -0.39 is 0 Å². The molecule has 0 saturated carbocycles. The molecule has 0 radical (unpaired) electrons. The molecule has 0 aliphatic heterocycles. The summed E-state index contributed by atoms with van der Waals surface area (Å²) in [7, 11) is 1.67. The molecule has 112 valence electrons. The van der Waals surface area contributed by atoms with Crippen LogP contribution in [0, 0.1) is 6.92 Å². The minimum atomic E-state index is -0.0397. The number of halogens is 2. The molecule has 0 heterocycles. The van der Waals surface area contributed by atoms with Crippen molar-refractivity contribution in [2.45, 2.75) is 19.9 Å². The van der Waals surface area contributed by atoms with E-state index in [9.17, 15) is 0 Å². The first kappa shape index (κ1) is 16.2. The van der Waals surface area contributed by atoms with E-state index in [-0.39, 0.29) is 6.04 Å². The van der Waals surface area contributed by atoms with Gasteiger partial charge in [-0.15, -0.1) is 0 Å². The fraction of sp³-hybridized carbons (Fsp3) is 0.294. The van der Waals surface area contributed by atoms with E-state index in [0.717, 1.165) is 29.0 Å². The summed E-state index contributed by atoms with van der Waals surface area (Å²) in [6, 6.07) is 11.6. The van der Waals surface area contributed by atoms with Gasteiger partial charge in [0.15, 0.2) is 0 Å². The standard InChI is InChI=1S/C17H19Cl2NO/c1-4-20-17(16-14(18)6-5-7-15(16)19)13-9-8-12(21-3)10-11(13)2/h5-10,17,20H,4H2,1-3H3. The summed E-state index contributed by atoms with van der Waals surface area (Å²) in [6.45, 7) is 4.95. The fourth-order valence-electron chi connectivity index (χ4n) is 2.46. The number of methoxy groups -OCH3 is 1. The van der Waals surface area contributed by atoms with Gasteiger partial charge in [0.05, 0.1) is 13.2 Å². The molecule has 2 aromatic rings. The van der Waals surface area contributed by atoms with Crippen LogP contribution >= 0.6 is 23.2 Å². The van der Waals surface area contributed by atoms with Gasteiger partial charge in [-0.1, -0.05) is 42.3 Å². The molecule has 1 atom stereocenters. The van der Waals surface area contributed by atoms with Crippen LogP contribution in [0.2, 0.25) is 10.0 Å². The van der Waals surface area contributed by atoms with Crippen molar-refractivity contribution in [3.63, 3.8) is 0 Å². The van der Waals surface area contributed by atoms with Crippen molar-refractivity contribution in [2.75, 3.05) is 13.7 Å². The van der Waals surface area contributed by atoms with Gasteiger partial charge >= 0.3 is 0 Å². The van der Waals surface area contributed by atoms with Crippen molar-refractivity contribution in [3.05, 3.63) is 63.1 Å². The zero-order valence-corrected chi connectivity index (χ0v) is 13.9. The molecule has 0 saturated heterocycles. The highest BCUT2D eigenvalue weighted by Crippen LogP contribution is 2.36. The van der Waals surface area contributed by atoms with Crippen LogP contribution < -0.4 is 10.1 Å². The molecule has 1 unspecified atom stereocenters. The van der Waals surface area contributed by atoms with Crippen LogP contribution in [0.15, 0.2) is 36.4 Å². The van der Waals surface area contributed by atoms with E-state index in [2.05, 4.69) is 25.2 Å². The Balaban J connectivity index is 2.53. The zero-order valence-electron chi connectivity index (χ0n) is 12.4. The highest BCUT2D eigenvalue weighted by molar-refractivity contribution is 6.36. The first-order valence-electron chi connectivity index (χ1n) is 6.90. The minimum absolute atomic E-state index is 0.0397. The predicted molar refractivity (Wildman–Crippen MR) is 89.7 cm³/mol. The summed E-state index contributed by atoms with van der Waals surface area (Å²) in [4.78, 5) is 0. The molecular formula is C17H19Cl2NO. The molecule has 0 aliphatic rings. The van der Waals surface area contributed by atoms with E-state index in [1.165, 1.54) is 0 Å². The second-order valence-corrected chi connectivity index (χ2v) is 5.66. The molecule has 0 aromatic heterocycles. The third-order valence-electron chi connectivity index (χ3n) is 3.48. The smallest absolute Gasteiger partial charge is 0.119 e. The Kier molecular flexibility index (Phi) is 5.51. The van der Waals surface area contributed by atoms with Crippen LogP contribution in [0.3, 0.4) is 0 Å². The van der Waals surface area contributed by atoms with Gasteiger partial charge in [-0.2, -0.15) is 0 Å². The maximum Gasteiger partial charge on any atom is 0.119 e. The average Bonchev–Trinajstić information content (AvgIpc) is 2.46. The fourth-order valence-corrected chi connectivity index (χ4v) is 3.07. The lowest BCUT2D eigenvalue weighted by Crippen LogP contribution is -2.23. The Labute approximate surface area is 136 Å². The molecule has 0 aliphatic carbocycles. The van der Waals surface area contributed by atoms with Gasteiger partial charge in [0.2, 0.25) is 0 Å². The maximum atomic E-state index is 6.37. The van der Waals surface area contributed by atoms with Crippen LogP contribution in [0.1, 0.15) is 29.7 Å². The number of benzene rings is 2. The van der Waals surface area contributed by atoms with Crippen LogP contribution in [-0.4, -0.2) is 13.7 Å². The second kappa shape index (κ2) is 7.17. The van der Waals surface area contributed by atoms with Gasteiger partial charge in [0.25, 0.3) is 0 Å². The molecule has 4 heteroatoms. The normalized spacial score (nSPS) is 12.2. The number of hydrogen-bond acceptors (Lipinski definition) is 2. The van der Waals surface area contributed by atoms with E-state index in [4.69, 9.17) is 27.9 Å². The van der Waals surface area contributed by atoms with Crippen molar-refractivity contribution in [3.8, 4) is 5.75 Å². The molecule has 0 amide bonds. The Bertz CT molecular complexity index is 608. The predicted octanol–water partition coefficient (Wildman–Crippen LogP) is 5.01. The van der Waals surface area contributed by atoms with Gasteiger partial charge in [-0.3, -0.25) is 0 Å². The van der Waals surface area contributed by atoms with Crippen molar-refractivity contribution in [1.82, 2.24) is 5.32 Å². The summed E-state index contributed by atoms with van der Waals surface area (Å²) >= 11 is 12.7. The summed E-state index contributed by atoms with van der Waals surface area (Å²) in [5.41, 5.74) is 3.19. The maximum absolute atomic E-state index is 6.37. The first-order chi connectivity index (χ1) is 10.1. The summed E-state index contributed by atoms with van der Waals surface area (Å²) < 4.78 is 5.27. The molecular weight excluding hydrogens is 305 g/mol. The van der Waals surface area contributed by atoms with E-state index in [1.807, 2.05) is 30.3 Å². The molecule has 21 heavy (non-hydrogen) atoms. The summed E-state index contributed by atoms with van der Waals surface area (Å²) in [5.74, 6) is 0.844.